The molecule has 2 bridgehead atoms. The zero-order valence-electron chi connectivity index (χ0n) is 15.8. The predicted molar refractivity (Wildman–Crippen MR) is 103 cm³/mol. The van der Waals surface area contributed by atoms with Crippen molar-refractivity contribution in [3.63, 3.8) is 0 Å². The van der Waals surface area contributed by atoms with E-state index in [9.17, 15) is 14.0 Å². The van der Waals surface area contributed by atoms with Crippen molar-refractivity contribution in [1.82, 2.24) is 24.6 Å². The van der Waals surface area contributed by atoms with Gasteiger partial charge in [-0.15, -0.1) is 0 Å². The Bertz CT molecular complexity index is 1140. The zero-order valence-corrected chi connectivity index (χ0v) is 15.8. The average Bonchev–Trinajstić information content (AvgIpc) is 3.50. The monoisotopic (exact) mass is 393 g/mol. The lowest BCUT2D eigenvalue weighted by Crippen LogP contribution is -2.50. The molecule has 29 heavy (non-hydrogen) atoms. The Morgan fingerprint density at radius 3 is 2.66 bits per heavy atom. The van der Waals surface area contributed by atoms with E-state index in [4.69, 9.17) is 0 Å². The van der Waals surface area contributed by atoms with E-state index >= 15 is 0 Å². The van der Waals surface area contributed by atoms with Crippen molar-refractivity contribution in [3.8, 4) is 0 Å². The van der Waals surface area contributed by atoms with Crippen LogP contribution < -0.4 is 0 Å². The molecule has 0 aliphatic carbocycles. The number of fused-ring (bicyclic) bond motifs is 4. The second kappa shape index (κ2) is 5.92. The molecule has 3 aliphatic rings. The summed E-state index contributed by atoms with van der Waals surface area (Å²) in [7, 11) is 0. The Labute approximate surface area is 166 Å². The molecule has 2 amide bonds. The number of piperazine rings is 1. The van der Waals surface area contributed by atoms with Gasteiger partial charge in [0, 0.05) is 42.4 Å². The van der Waals surface area contributed by atoms with Gasteiger partial charge in [-0.1, -0.05) is 0 Å². The van der Waals surface area contributed by atoms with Gasteiger partial charge in [0.25, 0.3) is 11.8 Å². The summed E-state index contributed by atoms with van der Waals surface area (Å²) in [5.41, 5.74) is 2.37. The van der Waals surface area contributed by atoms with Gasteiger partial charge >= 0.3 is 0 Å². The van der Waals surface area contributed by atoms with E-state index in [1.54, 1.807) is 17.2 Å². The molecule has 2 saturated heterocycles. The first kappa shape index (κ1) is 16.8. The van der Waals surface area contributed by atoms with Gasteiger partial charge in [-0.3, -0.25) is 14.3 Å². The fourth-order valence-corrected chi connectivity index (χ4v) is 5.07. The number of likely N-dealkylation sites (tertiary alicyclic amines) is 2. The van der Waals surface area contributed by atoms with Crippen LogP contribution in [-0.2, 0) is 13.0 Å². The number of hydrogen-bond donors (Lipinski definition) is 1. The van der Waals surface area contributed by atoms with Gasteiger partial charge in [-0.25, -0.2) is 4.39 Å². The topological polar surface area (TPSA) is 74.2 Å². The van der Waals surface area contributed by atoms with E-state index in [0.717, 1.165) is 36.9 Å². The van der Waals surface area contributed by atoms with Crippen LogP contribution in [0.2, 0.25) is 0 Å². The minimum absolute atomic E-state index is 0.0351. The molecule has 3 aliphatic heterocycles. The Balaban J connectivity index is 1.21. The normalized spacial score (nSPS) is 22.7. The van der Waals surface area contributed by atoms with Gasteiger partial charge < -0.3 is 14.8 Å². The number of nitrogens with zero attached hydrogens (tertiary/aromatic N) is 4. The number of aryl methyl sites for hydroxylation is 2. The highest BCUT2D eigenvalue weighted by Gasteiger charge is 2.48. The number of carbonyl (C=O) groups excluding carboxylic acids is 2. The highest BCUT2D eigenvalue weighted by Crippen LogP contribution is 2.34. The highest BCUT2D eigenvalue weighted by molar-refractivity contribution is 5.99. The molecule has 2 atom stereocenters. The molecule has 0 saturated carbocycles. The number of aromatic nitrogens is 3. The van der Waals surface area contributed by atoms with Gasteiger partial charge in [-0.2, -0.15) is 5.10 Å². The molecule has 5 heterocycles. The third kappa shape index (κ3) is 2.44. The van der Waals surface area contributed by atoms with E-state index in [-0.39, 0.29) is 29.5 Å². The Hall–Kier alpha value is -3.16. The molecule has 2 fully saturated rings. The number of halogens is 1. The average molecular weight is 393 g/mol. The quantitative estimate of drug-likeness (QED) is 0.725. The number of amides is 2. The van der Waals surface area contributed by atoms with Crippen LogP contribution in [0.5, 0.6) is 0 Å². The fourth-order valence-electron chi connectivity index (χ4n) is 5.07. The largest absolute Gasteiger partial charge is 0.361 e. The number of benzene rings is 1. The fraction of sp³-hybridized carbons (Fsp3) is 0.381. The third-order valence-corrected chi connectivity index (χ3v) is 6.52. The minimum atomic E-state index is -0.520. The SMILES string of the molecule is O=C(c1cc2n(n1)CCC2)N1C[C@@H]2C[C@H]1CN2C(=O)c1cc2cc[nH]c2cc1F. The van der Waals surface area contributed by atoms with Crippen LogP contribution in [0.4, 0.5) is 4.39 Å². The number of nitrogens with one attached hydrogen (secondary N) is 1. The summed E-state index contributed by atoms with van der Waals surface area (Å²) >= 11 is 0. The summed E-state index contributed by atoms with van der Waals surface area (Å²) in [5, 5.41) is 5.26. The first-order chi connectivity index (χ1) is 14.1. The van der Waals surface area contributed by atoms with Gasteiger partial charge in [0.1, 0.15) is 5.82 Å². The Morgan fingerprint density at radius 2 is 1.90 bits per heavy atom. The van der Waals surface area contributed by atoms with Gasteiger partial charge in [0.2, 0.25) is 0 Å². The molecule has 6 rings (SSSR count). The van der Waals surface area contributed by atoms with E-state index in [1.807, 2.05) is 21.7 Å². The Kier molecular flexibility index (Phi) is 3.42. The van der Waals surface area contributed by atoms with Crippen molar-refractivity contribution in [2.75, 3.05) is 13.1 Å². The lowest BCUT2D eigenvalue weighted by atomic mass is 10.1. The molecule has 148 valence electrons. The van der Waals surface area contributed by atoms with E-state index < -0.39 is 5.82 Å². The minimum Gasteiger partial charge on any atom is -0.361 e. The van der Waals surface area contributed by atoms with Crippen molar-refractivity contribution >= 4 is 22.7 Å². The molecule has 0 spiro atoms. The van der Waals surface area contributed by atoms with Crippen LogP contribution in [-0.4, -0.2) is 61.6 Å². The van der Waals surface area contributed by atoms with E-state index in [2.05, 4.69) is 10.1 Å². The van der Waals surface area contributed by atoms with Crippen LogP contribution >= 0.6 is 0 Å². The summed E-state index contributed by atoms with van der Waals surface area (Å²) in [4.78, 5) is 32.5. The molecule has 8 heteroatoms. The van der Waals surface area contributed by atoms with Crippen molar-refractivity contribution in [3.05, 3.63) is 53.2 Å². The lowest BCUT2D eigenvalue weighted by Gasteiger charge is -2.34. The first-order valence-electron chi connectivity index (χ1n) is 10.0. The van der Waals surface area contributed by atoms with Crippen molar-refractivity contribution in [1.29, 1.82) is 0 Å². The van der Waals surface area contributed by atoms with E-state index in [1.165, 1.54) is 6.07 Å². The van der Waals surface area contributed by atoms with Gasteiger partial charge in [-0.05, 0) is 43.5 Å². The summed E-state index contributed by atoms with van der Waals surface area (Å²) in [6, 6.07) is 6.57. The number of carbonyl (C=O) groups is 2. The van der Waals surface area contributed by atoms with Crippen LogP contribution in [0.25, 0.3) is 10.9 Å². The molecule has 2 aromatic heterocycles. The third-order valence-electron chi connectivity index (χ3n) is 6.52. The summed E-state index contributed by atoms with van der Waals surface area (Å²) < 4.78 is 16.4. The molecular weight excluding hydrogens is 373 g/mol. The predicted octanol–water partition coefficient (Wildman–Crippen LogP) is 2.19. The van der Waals surface area contributed by atoms with Gasteiger partial charge in [0.05, 0.1) is 17.6 Å². The van der Waals surface area contributed by atoms with Crippen molar-refractivity contribution in [2.24, 2.45) is 0 Å². The molecule has 3 aromatic rings. The smallest absolute Gasteiger partial charge is 0.274 e. The zero-order chi connectivity index (χ0) is 19.7. The highest BCUT2D eigenvalue weighted by atomic mass is 19.1. The molecule has 1 N–H and O–H groups in total. The maximum absolute atomic E-state index is 14.5. The van der Waals surface area contributed by atoms with Crippen LogP contribution in [0.15, 0.2) is 30.5 Å². The molecule has 0 unspecified atom stereocenters. The first-order valence-corrected chi connectivity index (χ1v) is 10.0. The lowest BCUT2D eigenvalue weighted by molar-refractivity contribution is 0.0520. The van der Waals surface area contributed by atoms with Crippen LogP contribution in [0.1, 0.15) is 39.4 Å². The maximum atomic E-state index is 14.5. The van der Waals surface area contributed by atoms with E-state index in [0.29, 0.717) is 24.3 Å². The van der Waals surface area contributed by atoms with Crippen molar-refractivity contribution < 1.29 is 14.0 Å². The number of H-pyrrole nitrogens is 1. The maximum Gasteiger partial charge on any atom is 0.274 e. The van der Waals surface area contributed by atoms with Crippen LogP contribution in [0, 0.1) is 5.82 Å². The standard InChI is InChI=1S/C21H20FN5O2/c22-17-9-18-12(3-4-23-18)6-16(17)20(28)25-10-15-7-14(25)11-26(15)21(29)19-8-13-2-1-5-27(13)24-19/h3-4,6,8-9,14-15,23H,1-2,5,7,10-11H2/t14-,15-/m0/s1. The second-order valence-electron chi connectivity index (χ2n) is 8.20. The summed E-state index contributed by atoms with van der Waals surface area (Å²) in [6.45, 7) is 1.78. The summed E-state index contributed by atoms with van der Waals surface area (Å²) in [5.74, 6) is -0.884. The van der Waals surface area contributed by atoms with Crippen molar-refractivity contribution in [2.45, 2.75) is 37.9 Å². The number of hydrogen-bond acceptors (Lipinski definition) is 3. The number of aromatic amines is 1. The molecule has 1 aromatic carbocycles. The summed E-state index contributed by atoms with van der Waals surface area (Å²) in [6.07, 6.45) is 4.50. The molecular formula is C21H20FN5O2. The Morgan fingerprint density at radius 1 is 1.10 bits per heavy atom. The second-order valence-corrected chi connectivity index (χ2v) is 8.20. The molecule has 0 radical (unpaired) electrons. The van der Waals surface area contributed by atoms with Crippen LogP contribution in [0.3, 0.4) is 0 Å². The molecule has 7 nitrogen and oxygen atoms in total. The van der Waals surface area contributed by atoms with Gasteiger partial charge in [0.15, 0.2) is 5.69 Å². The number of rotatable bonds is 2.